The number of ether oxygens (including phenoxy) is 1. The molecule has 0 atom stereocenters. The third kappa shape index (κ3) is 5.56. The van der Waals surface area contributed by atoms with Crippen LogP contribution in [0.1, 0.15) is 21.5 Å². The van der Waals surface area contributed by atoms with Gasteiger partial charge in [0.25, 0.3) is 0 Å². The van der Waals surface area contributed by atoms with Crippen LogP contribution < -0.4 is 15.2 Å². The van der Waals surface area contributed by atoms with Gasteiger partial charge in [-0.15, -0.1) is 0 Å². The molecular weight excluding hydrogens is 449 g/mol. The number of nitrogens with one attached hydrogen (secondary N) is 1. The summed E-state index contributed by atoms with van der Waals surface area (Å²) in [5.74, 6) is -2.16. The van der Waals surface area contributed by atoms with Crippen LogP contribution in [0.25, 0.3) is 0 Å². The molecule has 0 saturated heterocycles. The van der Waals surface area contributed by atoms with Crippen LogP contribution in [-0.4, -0.2) is 19.5 Å². The van der Waals surface area contributed by atoms with Gasteiger partial charge in [0.15, 0.2) is 5.75 Å². The van der Waals surface area contributed by atoms with Gasteiger partial charge in [-0.2, -0.15) is 13.2 Å². The second kappa shape index (κ2) is 8.89. The van der Waals surface area contributed by atoms with Gasteiger partial charge >= 0.3 is 12.1 Å². The quantitative estimate of drug-likeness (QED) is 0.473. The van der Waals surface area contributed by atoms with E-state index in [0.29, 0.717) is 6.07 Å². The average Bonchev–Trinajstić information content (AvgIpc) is 2.72. The molecule has 0 aliphatic carbocycles. The van der Waals surface area contributed by atoms with E-state index in [2.05, 4.69) is 5.32 Å². The molecule has 0 aliphatic rings. The van der Waals surface area contributed by atoms with Crippen molar-refractivity contribution in [3.05, 3.63) is 83.4 Å². The summed E-state index contributed by atoms with van der Waals surface area (Å²) in [7, 11) is -4.50. The van der Waals surface area contributed by atoms with Crippen LogP contribution in [0.5, 0.6) is 11.5 Å². The van der Waals surface area contributed by atoms with Crippen LogP contribution in [0, 0.1) is 0 Å². The first-order valence-corrected chi connectivity index (χ1v) is 10.6. The van der Waals surface area contributed by atoms with Gasteiger partial charge in [-0.3, -0.25) is 0 Å². The second-order valence-electron chi connectivity index (χ2n) is 6.67. The van der Waals surface area contributed by atoms with Gasteiger partial charge in [-0.1, -0.05) is 36.4 Å². The lowest BCUT2D eigenvalue weighted by Gasteiger charge is -2.18. The maximum Gasteiger partial charge on any atom is 0.416 e. The Morgan fingerprint density at radius 2 is 1.72 bits per heavy atom. The number of benzene rings is 3. The summed E-state index contributed by atoms with van der Waals surface area (Å²) in [5, 5.41) is 17.5. The molecule has 3 rings (SSSR count). The predicted octanol–water partition coefficient (Wildman–Crippen LogP) is 4.46. The summed E-state index contributed by atoms with van der Waals surface area (Å²) in [4.78, 5) is 10.8. The van der Waals surface area contributed by atoms with Crippen molar-refractivity contribution in [2.75, 3.05) is 5.32 Å². The number of carboxylic acids is 1. The predicted molar refractivity (Wildman–Crippen MR) is 110 cm³/mol. The number of rotatable bonds is 7. The Hall–Kier alpha value is -3.57. The highest BCUT2D eigenvalue weighted by molar-refractivity contribution is 7.89. The Bertz CT molecular complexity index is 1250. The van der Waals surface area contributed by atoms with E-state index in [0.717, 1.165) is 29.8 Å². The number of carboxylic acid groups (broad SMARTS) is 1. The molecule has 0 fully saturated rings. The zero-order chi connectivity index (χ0) is 23.5. The van der Waals surface area contributed by atoms with Crippen molar-refractivity contribution < 1.29 is 36.2 Å². The van der Waals surface area contributed by atoms with Crippen molar-refractivity contribution in [1.82, 2.24) is 0 Å². The summed E-state index contributed by atoms with van der Waals surface area (Å²) in [6, 6.07) is 14.6. The molecule has 0 heterocycles. The van der Waals surface area contributed by atoms with Gasteiger partial charge < -0.3 is 15.2 Å². The fourth-order valence-corrected chi connectivity index (χ4v) is 3.52. The summed E-state index contributed by atoms with van der Waals surface area (Å²) < 4.78 is 69.0. The maximum atomic E-state index is 13.1. The Kier molecular flexibility index (Phi) is 6.42. The maximum absolute atomic E-state index is 13.1. The van der Waals surface area contributed by atoms with Gasteiger partial charge in [0.2, 0.25) is 10.0 Å². The number of nitrogens with two attached hydrogens (primary N) is 1. The van der Waals surface area contributed by atoms with E-state index in [1.807, 2.05) is 0 Å². The van der Waals surface area contributed by atoms with E-state index in [1.165, 1.54) is 6.07 Å². The Labute approximate surface area is 181 Å². The van der Waals surface area contributed by atoms with E-state index in [9.17, 15) is 31.5 Å². The van der Waals surface area contributed by atoms with Crippen LogP contribution in [0.2, 0.25) is 0 Å². The number of anilines is 1. The smallest absolute Gasteiger partial charge is 0.416 e. The topological polar surface area (TPSA) is 119 Å². The summed E-state index contributed by atoms with van der Waals surface area (Å²) >= 11 is 0. The molecule has 0 bridgehead atoms. The molecule has 0 radical (unpaired) electrons. The fraction of sp³-hybridized carbons (Fsp3) is 0.0952. The summed E-state index contributed by atoms with van der Waals surface area (Å²) in [6.45, 7) is 0.146. The van der Waals surface area contributed by atoms with E-state index in [4.69, 9.17) is 9.88 Å². The first-order chi connectivity index (χ1) is 14.9. The lowest BCUT2D eigenvalue weighted by molar-refractivity contribution is -0.137. The lowest BCUT2D eigenvalue weighted by atomic mass is 10.1. The number of hydrogen-bond acceptors (Lipinski definition) is 5. The first-order valence-electron chi connectivity index (χ1n) is 9.02. The monoisotopic (exact) mass is 466 g/mol. The van der Waals surface area contributed by atoms with Crippen molar-refractivity contribution >= 4 is 21.7 Å². The molecule has 0 amide bonds. The fourth-order valence-electron chi connectivity index (χ4n) is 2.82. The standard InChI is InChI=1S/C21H17F3N2O5S/c22-21(23,24)15-7-4-8-16(11-15)31-19-17(26-12-13-5-2-1-3-6-13)9-14(20(27)28)10-18(19)32(25,29)30/h1-11,26H,12H2,(H,27,28)(H2,25,29,30). The second-order valence-corrected chi connectivity index (χ2v) is 8.20. The molecule has 3 aromatic rings. The minimum atomic E-state index is -4.65. The van der Waals surface area contributed by atoms with Crippen molar-refractivity contribution in [2.45, 2.75) is 17.6 Å². The SMILES string of the molecule is NS(=O)(=O)c1cc(C(=O)O)cc(NCc2ccccc2)c1Oc1cccc(C(F)(F)F)c1. The number of alkyl halides is 3. The van der Waals surface area contributed by atoms with E-state index in [-0.39, 0.29) is 18.0 Å². The normalized spacial score (nSPS) is 11.8. The van der Waals surface area contributed by atoms with Crippen LogP contribution >= 0.6 is 0 Å². The van der Waals surface area contributed by atoms with E-state index < -0.39 is 43.9 Å². The number of sulfonamides is 1. The number of carbonyl (C=O) groups is 1. The molecule has 4 N–H and O–H groups in total. The van der Waals surface area contributed by atoms with Crippen molar-refractivity contribution in [1.29, 1.82) is 0 Å². The molecular formula is C21H17F3N2O5S. The highest BCUT2D eigenvalue weighted by atomic mass is 32.2. The molecule has 7 nitrogen and oxygen atoms in total. The molecule has 168 valence electrons. The van der Waals surface area contributed by atoms with Crippen LogP contribution in [0.15, 0.2) is 71.6 Å². The number of aromatic carboxylic acids is 1. The highest BCUT2D eigenvalue weighted by Crippen LogP contribution is 2.39. The highest BCUT2D eigenvalue weighted by Gasteiger charge is 2.31. The van der Waals surface area contributed by atoms with E-state index in [1.54, 1.807) is 30.3 Å². The van der Waals surface area contributed by atoms with Gasteiger partial charge in [-0.25, -0.2) is 18.4 Å². The third-order valence-electron chi connectivity index (χ3n) is 4.32. The largest absolute Gasteiger partial charge is 0.478 e. The third-order valence-corrected chi connectivity index (χ3v) is 5.23. The summed E-state index contributed by atoms with van der Waals surface area (Å²) in [6.07, 6.45) is -4.65. The molecule has 3 aromatic carbocycles. The molecule has 0 saturated carbocycles. The minimum absolute atomic E-state index is 0.0739. The molecule has 0 spiro atoms. The zero-order valence-corrected chi connectivity index (χ0v) is 17.1. The van der Waals surface area contributed by atoms with E-state index >= 15 is 0 Å². The van der Waals surface area contributed by atoms with Gasteiger partial charge in [0.05, 0.1) is 16.8 Å². The molecule has 0 aliphatic heterocycles. The first kappa shape index (κ1) is 23.1. The number of halogens is 3. The molecule has 11 heteroatoms. The van der Waals surface area contributed by atoms with Gasteiger partial charge in [0, 0.05) is 6.54 Å². The lowest BCUT2D eigenvalue weighted by Crippen LogP contribution is -2.16. The van der Waals surface area contributed by atoms with Crippen molar-refractivity contribution in [2.24, 2.45) is 5.14 Å². The molecule has 0 unspecified atom stereocenters. The van der Waals surface area contributed by atoms with Crippen molar-refractivity contribution in [3.63, 3.8) is 0 Å². The van der Waals surface area contributed by atoms with Crippen LogP contribution in [-0.2, 0) is 22.7 Å². The molecule has 32 heavy (non-hydrogen) atoms. The van der Waals surface area contributed by atoms with Crippen LogP contribution in [0.3, 0.4) is 0 Å². The minimum Gasteiger partial charge on any atom is -0.478 e. The zero-order valence-electron chi connectivity index (χ0n) is 16.3. The van der Waals surface area contributed by atoms with Crippen molar-refractivity contribution in [3.8, 4) is 11.5 Å². The Morgan fingerprint density at radius 3 is 2.31 bits per heavy atom. The Morgan fingerprint density at radius 1 is 1.03 bits per heavy atom. The number of hydrogen-bond donors (Lipinski definition) is 3. The average molecular weight is 466 g/mol. The van der Waals surface area contributed by atoms with Gasteiger partial charge in [0.1, 0.15) is 10.6 Å². The number of primary sulfonamides is 1. The summed E-state index contributed by atoms with van der Waals surface area (Å²) in [5.41, 5.74) is -0.709. The van der Waals surface area contributed by atoms with Crippen LogP contribution in [0.4, 0.5) is 18.9 Å². The molecule has 0 aromatic heterocycles. The Balaban J connectivity index is 2.12. The van der Waals surface area contributed by atoms with Gasteiger partial charge in [-0.05, 0) is 35.9 Å².